The minimum Gasteiger partial charge on any atom is -0.405 e. The topological polar surface area (TPSA) is 18.5 Å². The fourth-order valence-corrected chi connectivity index (χ4v) is 4.24. The summed E-state index contributed by atoms with van der Waals surface area (Å²) in [5.41, 5.74) is 6.30. The lowest BCUT2D eigenvalue weighted by Gasteiger charge is -2.19. The first kappa shape index (κ1) is 16.6. The van der Waals surface area contributed by atoms with Crippen LogP contribution in [0.1, 0.15) is 11.1 Å². The van der Waals surface area contributed by atoms with Crippen molar-refractivity contribution in [3.63, 3.8) is 0 Å². The molecule has 27 heavy (non-hydrogen) atoms. The van der Waals surface area contributed by atoms with Gasteiger partial charge >= 0.3 is 7.12 Å². The minimum atomic E-state index is -0.299. The van der Waals surface area contributed by atoms with Crippen molar-refractivity contribution in [2.75, 3.05) is 13.2 Å². The Morgan fingerprint density at radius 1 is 0.704 bits per heavy atom. The van der Waals surface area contributed by atoms with Gasteiger partial charge < -0.3 is 9.31 Å². The van der Waals surface area contributed by atoms with Crippen LogP contribution in [-0.2, 0) is 9.31 Å². The van der Waals surface area contributed by atoms with Gasteiger partial charge in [-0.2, -0.15) is 0 Å². The molecule has 0 N–H and O–H groups in total. The highest BCUT2D eigenvalue weighted by molar-refractivity contribution is 6.68. The van der Waals surface area contributed by atoms with E-state index in [4.69, 9.17) is 9.31 Å². The SMILES string of the molecule is Cc1ccc(C)c(-c2c3ccccc3c(B3OCCO3)c3ccccc23)c1. The lowest BCUT2D eigenvalue weighted by Crippen LogP contribution is -2.33. The summed E-state index contributed by atoms with van der Waals surface area (Å²) >= 11 is 0. The molecule has 1 saturated heterocycles. The number of hydrogen-bond donors (Lipinski definition) is 0. The number of benzene rings is 4. The molecule has 0 saturated carbocycles. The van der Waals surface area contributed by atoms with E-state index in [1.807, 2.05) is 0 Å². The van der Waals surface area contributed by atoms with Crippen LogP contribution in [-0.4, -0.2) is 20.3 Å². The van der Waals surface area contributed by atoms with Crippen molar-refractivity contribution < 1.29 is 9.31 Å². The summed E-state index contributed by atoms with van der Waals surface area (Å²) in [4.78, 5) is 0. The van der Waals surface area contributed by atoms with E-state index >= 15 is 0 Å². The van der Waals surface area contributed by atoms with Gasteiger partial charge in [0.15, 0.2) is 0 Å². The second-order valence-corrected chi connectivity index (χ2v) is 7.27. The van der Waals surface area contributed by atoms with Gasteiger partial charge in [0.25, 0.3) is 0 Å². The van der Waals surface area contributed by atoms with Crippen LogP contribution in [0.4, 0.5) is 0 Å². The first-order valence-corrected chi connectivity index (χ1v) is 9.48. The van der Waals surface area contributed by atoms with E-state index in [0.29, 0.717) is 13.2 Å². The molecule has 4 aromatic rings. The zero-order valence-electron chi connectivity index (χ0n) is 15.7. The van der Waals surface area contributed by atoms with Crippen LogP contribution in [0.2, 0.25) is 0 Å². The fraction of sp³-hybridized carbons (Fsp3) is 0.167. The van der Waals surface area contributed by atoms with E-state index in [1.165, 1.54) is 43.8 Å². The van der Waals surface area contributed by atoms with Crippen LogP contribution in [0.3, 0.4) is 0 Å². The number of aryl methyl sites for hydroxylation is 2. The molecule has 3 heteroatoms. The molecule has 0 amide bonds. The molecule has 0 radical (unpaired) electrons. The molecule has 0 unspecified atom stereocenters. The smallest absolute Gasteiger partial charge is 0.405 e. The van der Waals surface area contributed by atoms with Crippen molar-refractivity contribution in [2.45, 2.75) is 13.8 Å². The summed E-state index contributed by atoms with van der Waals surface area (Å²) in [7, 11) is -0.299. The van der Waals surface area contributed by atoms with Gasteiger partial charge in [-0.05, 0) is 57.5 Å². The standard InChI is InChI=1S/C24H21BO2/c1-16-11-12-17(2)22(15-16)23-18-7-3-5-9-20(18)24(25-26-13-14-27-25)21-10-6-4-8-19(21)23/h3-12,15H,13-14H2,1-2H3. The van der Waals surface area contributed by atoms with E-state index in [1.54, 1.807) is 0 Å². The first-order valence-electron chi connectivity index (χ1n) is 9.48. The van der Waals surface area contributed by atoms with Crippen molar-refractivity contribution >= 4 is 34.1 Å². The van der Waals surface area contributed by atoms with Gasteiger partial charge in [-0.25, -0.2) is 0 Å². The summed E-state index contributed by atoms with van der Waals surface area (Å²) in [5, 5.41) is 4.91. The predicted molar refractivity (Wildman–Crippen MR) is 114 cm³/mol. The molecule has 0 aromatic heterocycles. The lowest BCUT2D eigenvalue weighted by molar-refractivity contribution is 0.365. The largest absolute Gasteiger partial charge is 0.495 e. The molecule has 1 aliphatic heterocycles. The van der Waals surface area contributed by atoms with Crippen molar-refractivity contribution in [2.24, 2.45) is 0 Å². The number of rotatable bonds is 2. The molecule has 0 aliphatic carbocycles. The summed E-state index contributed by atoms with van der Waals surface area (Å²) < 4.78 is 11.8. The predicted octanol–water partition coefficient (Wildman–Crippen LogP) is 5.02. The molecule has 0 atom stereocenters. The molecular formula is C24H21BO2. The van der Waals surface area contributed by atoms with E-state index < -0.39 is 0 Å². The summed E-state index contributed by atoms with van der Waals surface area (Å²) in [6, 6.07) is 23.9. The molecule has 4 aromatic carbocycles. The van der Waals surface area contributed by atoms with Crippen molar-refractivity contribution in [1.82, 2.24) is 0 Å². The van der Waals surface area contributed by atoms with Gasteiger partial charge in [0.1, 0.15) is 0 Å². The Hall–Kier alpha value is -2.62. The average molecular weight is 352 g/mol. The number of fused-ring (bicyclic) bond motifs is 2. The fourth-order valence-electron chi connectivity index (χ4n) is 4.24. The summed E-state index contributed by atoms with van der Waals surface area (Å²) in [5.74, 6) is 0. The third-order valence-electron chi connectivity index (χ3n) is 5.49. The zero-order valence-corrected chi connectivity index (χ0v) is 15.7. The minimum absolute atomic E-state index is 0.299. The van der Waals surface area contributed by atoms with Crippen molar-refractivity contribution in [3.8, 4) is 11.1 Å². The van der Waals surface area contributed by atoms with Gasteiger partial charge in [0.2, 0.25) is 0 Å². The molecule has 132 valence electrons. The normalized spacial score (nSPS) is 14.4. The molecule has 1 aliphatic rings. The first-order chi connectivity index (χ1) is 13.2. The van der Waals surface area contributed by atoms with Crippen molar-refractivity contribution in [1.29, 1.82) is 0 Å². The van der Waals surface area contributed by atoms with Gasteiger partial charge in [-0.3, -0.25) is 0 Å². The Morgan fingerprint density at radius 2 is 1.26 bits per heavy atom. The molecule has 0 bridgehead atoms. The van der Waals surface area contributed by atoms with Gasteiger partial charge in [-0.15, -0.1) is 0 Å². The van der Waals surface area contributed by atoms with Gasteiger partial charge in [-0.1, -0.05) is 72.3 Å². The molecule has 1 fully saturated rings. The Labute approximate surface area is 159 Å². The highest BCUT2D eigenvalue weighted by Crippen LogP contribution is 2.37. The monoisotopic (exact) mass is 352 g/mol. The second kappa shape index (κ2) is 6.52. The van der Waals surface area contributed by atoms with E-state index in [0.717, 1.165) is 5.46 Å². The van der Waals surface area contributed by atoms with Gasteiger partial charge in [0.05, 0.1) is 13.2 Å². The Morgan fingerprint density at radius 3 is 1.85 bits per heavy atom. The van der Waals surface area contributed by atoms with Crippen LogP contribution < -0.4 is 5.46 Å². The maximum Gasteiger partial charge on any atom is 0.495 e. The third kappa shape index (κ3) is 2.66. The maximum absolute atomic E-state index is 5.92. The van der Waals surface area contributed by atoms with Crippen LogP contribution in [0.15, 0.2) is 66.7 Å². The van der Waals surface area contributed by atoms with E-state index in [9.17, 15) is 0 Å². The molecule has 2 nitrogen and oxygen atoms in total. The maximum atomic E-state index is 5.92. The Balaban J connectivity index is 1.97. The molecule has 1 heterocycles. The number of hydrogen-bond acceptors (Lipinski definition) is 2. The highest BCUT2D eigenvalue weighted by Gasteiger charge is 2.31. The van der Waals surface area contributed by atoms with Crippen molar-refractivity contribution in [3.05, 3.63) is 77.9 Å². The van der Waals surface area contributed by atoms with E-state index in [-0.39, 0.29) is 7.12 Å². The molecule has 5 rings (SSSR count). The quantitative estimate of drug-likeness (QED) is 0.373. The molecular weight excluding hydrogens is 331 g/mol. The van der Waals surface area contributed by atoms with Crippen LogP contribution in [0.5, 0.6) is 0 Å². The highest BCUT2D eigenvalue weighted by atomic mass is 16.6. The Kier molecular flexibility index (Phi) is 4.00. The van der Waals surface area contributed by atoms with Crippen LogP contribution in [0, 0.1) is 13.8 Å². The summed E-state index contributed by atoms with van der Waals surface area (Å²) in [6.45, 7) is 5.63. The van der Waals surface area contributed by atoms with Crippen LogP contribution in [0.25, 0.3) is 32.7 Å². The molecule has 0 spiro atoms. The lowest BCUT2D eigenvalue weighted by atomic mass is 9.71. The zero-order chi connectivity index (χ0) is 18.4. The Bertz CT molecular complexity index is 1100. The van der Waals surface area contributed by atoms with E-state index in [2.05, 4.69) is 80.6 Å². The second-order valence-electron chi connectivity index (χ2n) is 7.27. The van der Waals surface area contributed by atoms with Gasteiger partial charge in [0, 0.05) is 0 Å². The third-order valence-corrected chi connectivity index (χ3v) is 5.49. The average Bonchev–Trinajstić information content (AvgIpc) is 3.22. The summed E-state index contributed by atoms with van der Waals surface area (Å²) in [6.07, 6.45) is 0. The van der Waals surface area contributed by atoms with Crippen LogP contribution >= 0.6 is 0 Å².